The molecule has 1 aromatic rings. The van der Waals surface area contributed by atoms with E-state index in [0.717, 1.165) is 23.3 Å². The highest BCUT2D eigenvalue weighted by atomic mass is 16.4. The van der Waals surface area contributed by atoms with Gasteiger partial charge in [-0.15, -0.1) is 0 Å². The fourth-order valence-corrected chi connectivity index (χ4v) is 2.87. The molecule has 1 aromatic carbocycles. The zero-order chi connectivity index (χ0) is 14.7. The summed E-state index contributed by atoms with van der Waals surface area (Å²) in [6, 6.07) is 4.99. The molecule has 1 N–H and O–H groups in total. The second kappa shape index (κ2) is 3.91. The number of fused-ring (bicyclic) bond motifs is 1. The lowest BCUT2D eigenvalue weighted by molar-refractivity contribution is -0.148. The molecule has 3 rings (SSSR count). The Morgan fingerprint density at radius 2 is 1.85 bits per heavy atom. The molecule has 20 heavy (non-hydrogen) atoms. The Kier molecular flexibility index (Phi) is 2.51. The SMILES string of the molecule is Cc1ccc2c(c1)C(=O)N(C(C)(C(=O)O)C1CC1)C2=O. The summed E-state index contributed by atoms with van der Waals surface area (Å²) in [6.07, 6.45) is 1.46. The summed E-state index contributed by atoms with van der Waals surface area (Å²) in [6.45, 7) is 3.31. The van der Waals surface area contributed by atoms with Crippen LogP contribution in [0.15, 0.2) is 18.2 Å². The van der Waals surface area contributed by atoms with E-state index in [0.29, 0.717) is 11.1 Å². The van der Waals surface area contributed by atoms with E-state index >= 15 is 0 Å². The van der Waals surface area contributed by atoms with E-state index in [2.05, 4.69) is 0 Å². The first-order chi connectivity index (χ1) is 9.37. The van der Waals surface area contributed by atoms with Crippen LogP contribution >= 0.6 is 0 Å². The van der Waals surface area contributed by atoms with Crippen molar-refractivity contribution in [2.45, 2.75) is 32.2 Å². The van der Waals surface area contributed by atoms with Gasteiger partial charge in [0.25, 0.3) is 11.8 Å². The average molecular weight is 273 g/mol. The van der Waals surface area contributed by atoms with E-state index in [1.54, 1.807) is 18.2 Å². The number of carbonyl (C=O) groups is 3. The van der Waals surface area contributed by atoms with Crippen molar-refractivity contribution in [2.24, 2.45) is 5.92 Å². The quantitative estimate of drug-likeness (QED) is 0.853. The highest BCUT2D eigenvalue weighted by molar-refractivity contribution is 6.23. The van der Waals surface area contributed by atoms with Crippen molar-refractivity contribution in [3.05, 3.63) is 34.9 Å². The fraction of sp³-hybridized carbons (Fsp3) is 0.400. The average Bonchev–Trinajstić information content (AvgIpc) is 3.19. The summed E-state index contributed by atoms with van der Waals surface area (Å²) in [5, 5.41) is 9.53. The monoisotopic (exact) mass is 273 g/mol. The van der Waals surface area contributed by atoms with Gasteiger partial charge < -0.3 is 5.11 Å². The molecule has 1 unspecified atom stereocenters. The van der Waals surface area contributed by atoms with Gasteiger partial charge in [-0.25, -0.2) is 4.79 Å². The van der Waals surface area contributed by atoms with Crippen LogP contribution in [0.1, 0.15) is 46.0 Å². The number of imide groups is 1. The first-order valence-corrected chi connectivity index (χ1v) is 6.60. The number of aryl methyl sites for hydroxylation is 1. The third-order valence-electron chi connectivity index (χ3n) is 4.31. The van der Waals surface area contributed by atoms with Crippen LogP contribution in [0.3, 0.4) is 0 Å². The van der Waals surface area contributed by atoms with Gasteiger partial charge in [0.2, 0.25) is 0 Å². The van der Waals surface area contributed by atoms with Crippen LogP contribution in [-0.4, -0.2) is 33.3 Å². The molecule has 2 amide bonds. The maximum absolute atomic E-state index is 12.5. The van der Waals surface area contributed by atoms with Gasteiger partial charge in [0.15, 0.2) is 0 Å². The molecule has 0 aromatic heterocycles. The standard InChI is InChI=1S/C15H15NO4/c1-8-3-6-10-11(7-8)13(18)16(12(10)17)15(2,14(19)20)9-4-5-9/h3,6-7,9H,4-5H2,1-2H3,(H,19,20). The van der Waals surface area contributed by atoms with Gasteiger partial charge >= 0.3 is 5.97 Å². The zero-order valence-electron chi connectivity index (χ0n) is 11.3. The minimum Gasteiger partial charge on any atom is -0.479 e. The van der Waals surface area contributed by atoms with Crippen molar-refractivity contribution in [3.8, 4) is 0 Å². The Bertz CT molecular complexity index is 647. The minimum atomic E-state index is -1.44. The summed E-state index contributed by atoms with van der Waals surface area (Å²) < 4.78 is 0. The lowest BCUT2D eigenvalue weighted by Crippen LogP contribution is -2.56. The first kappa shape index (κ1) is 12.8. The number of amides is 2. The van der Waals surface area contributed by atoms with Crippen molar-refractivity contribution < 1.29 is 19.5 Å². The number of carboxylic acid groups (broad SMARTS) is 1. The Hall–Kier alpha value is -2.17. The molecule has 2 aliphatic rings. The highest BCUT2D eigenvalue weighted by Crippen LogP contribution is 2.46. The molecule has 0 bridgehead atoms. The first-order valence-electron chi connectivity index (χ1n) is 6.60. The largest absolute Gasteiger partial charge is 0.479 e. The molecule has 5 nitrogen and oxygen atoms in total. The molecule has 1 fully saturated rings. The second-order valence-corrected chi connectivity index (χ2v) is 5.72. The lowest BCUT2D eigenvalue weighted by Gasteiger charge is -2.33. The molecule has 0 saturated heterocycles. The lowest BCUT2D eigenvalue weighted by atomic mass is 9.93. The third kappa shape index (κ3) is 1.52. The minimum absolute atomic E-state index is 0.150. The normalized spacial score (nSPS) is 20.8. The van der Waals surface area contributed by atoms with E-state index in [4.69, 9.17) is 0 Å². The molecule has 1 aliphatic carbocycles. The summed E-state index contributed by atoms with van der Waals surface area (Å²) >= 11 is 0. The molecule has 1 aliphatic heterocycles. The van der Waals surface area contributed by atoms with Gasteiger partial charge in [-0.3, -0.25) is 14.5 Å². The summed E-state index contributed by atoms with van der Waals surface area (Å²) in [4.78, 5) is 37.5. The van der Waals surface area contributed by atoms with Crippen molar-refractivity contribution in [2.75, 3.05) is 0 Å². The van der Waals surface area contributed by atoms with Crippen LogP contribution in [0.5, 0.6) is 0 Å². The summed E-state index contributed by atoms with van der Waals surface area (Å²) in [7, 11) is 0. The predicted octanol–water partition coefficient (Wildman–Crippen LogP) is 1.84. The molecule has 1 heterocycles. The number of aliphatic carboxylic acids is 1. The van der Waals surface area contributed by atoms with Crippen LogP contribution < -0.4 is 0 Å². The van der Waals surface area contributed by atoms with Crippen LogP contribution in [0.4, 0.5) is 0 Å². The molecule has 1 saturated carbocycles. The number of rotatable bonds is 3. The Labute approximate surface area is 116 Å². The van der Waals surface area contributed by atoms with Crippen molar-refractivity contribution in [1.82, 2.24) is 4.90 Å². The van der Waals surface area contributed by atoms with Gasteiger partial charge in [0.1, 0.15) is 5.54 Å². The van der Waals surface area contributed by atoms with E-state index in [-0.39, 0.29) is 5.92 Å². The molecule has 104 valence electrons. The van der Waals surface area contributed by atoms with Crippen molar-refractivity contribution in [3.63, 3.8) is 0 Å². The molecular weight excluding hydrogens is 258 g/mol. The van der Waals surface area contributed by atoms with Crippen molar-refractivity contribution >= 4 is 17.8 Å². The molecule has 5 heteroatoms. The van der Waals surface area contributed by atoms with Crippen LogP contribution in [0.25, 0.3) is 0 Å². The van der Waals surface area contributed by atoms with E-state index < -0.39 is 23.3 Å². The number of benzene rings is 1. The van der Waals surface area contributed by atoms with E-state index in [9.17, 15) is 19.5 Å². The van der Waals surface area contributed by atoms with Gasteiger partial charge in [-0.1, -0.05) is 11.6 Å². The topological polar surface area (TPSA) is 74.7 Å². The van der Waals surface area contributed by atoms with E-state index in [1.165, 1.54) is 6.92 Å². The number of carbonyl (C=O) groups excluding carboxylic acids is 2. The van der Waals surface area contributed by atoms with Gasteiger partial charge in [0, 0.05) is 0 Å². The number of hydrogen-bond acceptors (Lipinski definition) is 3. The molecule has 1 atom stereocenters. The summed E-state index contributed by atoms with van der Waals surface area (Å²) in [5.41, 5.74) is 0.0354. The van der Waals surface area contributed by atoms with Gasteiger partial charge in [-0.2, -0.15) is 0 Å². The number of carboxylic acids is 1. The fourth-order valence-electron chi connectivity index (χ4n) is 2.87. The molecular formula is C15H15NO4. The second-order valence-electron chi connectivity index (χ2n) is 5.72. The predicted molar refractivity (Wildman–Crippen MR) is 70.4 cm³/mol. The van der Waals surface area contributed by atoms with Gasteiger partial charge in [0.05, 0.1) is 11.1 Å². The Morgan fingerprint density at radius 1 is 1.25 bits per heavy atom. The third-order valence-corrected chi connectivity index (χ3v) is 4.31. The van der Waals surface area contributed by atoms with Crippen LogP contribution in [0.2, 0.25) is 0 Å². The molecule has 0 radical (unpaired) electrons. The van der Waals surface area contributed by atoms with Crippen molar-refractivity contribution in [1.29, 1.82) is 0 Å². The number of nitrogens with zero attached hydrogens (tertiary/aromatic N) is 1. The zero-order valence-corrected chi connectivity index (χ0v) is 11.3. The maximum Gasteiger partial charge on any atom is 0.330 e. The van der Waals surface area contributed by atoms with Gasteiger partial charge in [-0.05, 0) is 44.7 Å². The maximum atomic E-state index is 12.5. The highest BCUT2D eigenvalue weighted by Gasteiger charge is 2.58. The molecule has 0 spiro atoms. The Balaban J connectivity index is 2.11. The van der Waals surface area contributed by atoms with Crippen LogP contribution in [-0.2, 0) is 4.79 Å². The van der Waals surface area contributed by atoms with Crippen LogP contribution in [0, 0.1) is 12.8 Å². The Morgan fingerprint density at radius 3 is 2.40 bits per heavy atom. The van der Waals surface area contributed by atoms with E-state index in [1.807, 2.05) is 6.92 Å². The smallest absolute Gasteiger partial charge is 0.330 e. The summed E-state index contributed by atoms with van der Waals surface area (Å²) in [5.74, 6) is -2.26. The number of hydrogen-bond donors (Lipinski definition) is 1.